The largest absolute Gasteiger partial charge is 0.398 e. The Kier molecular flexibility index (Phi) is 3.64. The molecule has 6 heteroatoms. The van der Waals surface area contributed by atoms with Crippen molar-refractivity contribution in [2.75, 3.05) is 12.3 Å². The van der Waals surface area contributed by atoms with E-state index >= 15 is 0 Å². The van der Waals surface area contributed by atoms with Crippen molar-refractivity contribution in [1.82, 2.24) is 10.1 Å². The Morgan fingerprint density at radius 2 is 2.25 bits per heavy atom. The molecule has 2 heterocycles. The van der Waals surface area contributed by atoms with Gasteiger partial charge in [-0.15, -0.1) is 0 Å². The lowest BCUT2D eigenvalue weighted by atomic mass is 10.1. The van der Waals surface area contributed by atoms with E-state index < -0.39 is 5.82 Å². The molecule has 2 N–H and O–H groups in total. The molecule has 1 aromatic heterocycles. The normalized spacial score (nSPS) is 19.1. The standard InChI is InChI=1S/C14H16FN3O2/c15-10-5-3-6-11(16)13(10)14-17-12(18-20-14)8-9-4-1-2-7-19-9/h3,5-6,9H,1-2,4,7-8,16H2. The molecule has 1 aliphatic rings. The summed E-state index contributed by atoms with van der Waals surface area (Å²) in [5.41, 5.74) is 6.20. The second kappa shape index (κ2) is 5.58. The number of nitrogens with zero attached hydrogens (tertiary/aromatic N) is 2. The summed E-state index contributed by atoms with van der Waals surface area (Å²) in [4.78, 5) is 4.22. The molecule has 1 saturated heterocycles. The Hall–Kier alpha value is -1.95. The van der Waals surface area contributed by atoms with Crippen molar-refractivity contribution in [3.05, 3.63) is 29.8 Å². The number of benzene rings is 1. The summed E-state index contributed by atoms with van der Waals surface area (Å²) in [5.74, 6) is 0.176. The van der Waals surface area contributed by atoms with Crippen LogP contribution in [-0.4, -0.2) is 22.9 Å². The van der Waals surface area contributed by atoms with Crippen LogP contribution in [0.2, 0.25) is 0 Å². The van der Waals surface area contributed by atoms with E-state index in [1.54, 1.807) is 12.1 Å². The highest BCUT2D eigenvalue weighted by Crippen LogP contribution is 2.27. The minimum Gasteiger partial charge on any atom is -0.398 e. The molecule has 0 radical (unpaired) electrons. The molecule has 0 bridgehead atoms. The van der Waals surface area contributed by atoms with Gasteiger partial charge in [0.2, 0.25) is 0 Å². The molecule has 1 unspecified atom stereocenters. The first-order chi connectivity index (χ1) is 9.74. The minimum absolute atomic E-state index is 0.117. The number of rotatable bonds is 3. The zero-order chi connectivity index (χ0) is 13.9. The fourth-order valence-electron chi connectivity index (χ4n) is 2.38. The number of hydrogen-bond acceptors (Lipinski definition) is 5. The monoisotopic (exact) mass is 277 g/mol. The van der Waals surface area contributed by atoms with Crippen LogP contribution in [0.5, 0.6) is 0 Å². The average molecular weight is 277 g/mol. The quantitative estimate of drug-likeness (QED) is 0.873. The molecule has 106 valence electrons. The number of hydrogen-bond donors (Lipinski definition) is 1. The molecular weight excluding hydrogens is 261 g/mol. The lowest BCUT2D eigenvalue weighted by molar-refractivity contribution is 0.0153. The lowest BCUT2D eigenvalue weighted by Crippen LogP contribution is -2.21. The third-order valence-corrected chi connectivity index (χ3v) is 3.41. The van der Waals surface area contributed by atoms with Crippen LogP contribution < -0.4 is 5.73 Å². The van der Waals surface area contributed by atoms with Gasteiger partial charge in [0.15, 0.2) is 5.82 Å². The SMILES string of the molecule is Nc1cccc(F)c1-c1nc(CC2CCCCO2)no1. The van der Waals surface area contributed by atoms with E-state index in [-0.39, 0.29) is 23.2 Å². The van der Waals surface area contributed by atoms with Crippen LogP contribution in [0.25, 0.3) is 11.5 Å². The van der Waals surface area contributed by atoms with E-state index in [2.05, 4.69) is 10.1 Å². The van der Waals surface area contributed by atoms with Gasteiger partial charge in [-0.3, -0.25) is 0 Å². The summed E-state index contributed by atoms with van der Waals surface area (Å²) in [6, 6.07) is 4.47. The Bertz CT molecular complexity index is 574. The molecule has 0 aliphatic carbocycles. The number of ether oxygens (including phenoxy) is 1. The molecule has 0 amide bonds. The van der Waals surface area contributed by atoms with Crippen LogP contribution in [0.1, 0.15) is 25.1 Å². The van der Waals surface area contributed by atoms with Gasteiger partial charge in [-0.05, 0) is 31.4 Å². The Labute approximate surface area is 115 Å². The van der Waals surface area contributed by atoms with Gasteiger partial charge in [-0.2, -0.15) is 4.98 Å². The minimum atomic E-state index is -0.464. The van der Waals surface area contributed by atoms with Crippen molar-refractivity contribution in [2.24, 2.45) is 0 Å². The molecule has 20 heavy (non-hydrogen) atoms. The van der Waals surface area contributed by atoms with Gasteiger partial charge < -0.3 is 15.0 Å². The number of nitrogens with two attached hydrogens (primary N) is 1. The fraction of sp³-hybridized carbons (Fsp3) is 0.429. The molecule has 1 aliphatic heterocycles. The zero-order valence-electron chi connectivity index (χ0n) is 11.0. The van der Waals surface area contributed by atoms with Gasteiger partial charge in [0.25, 0.3) is 5.89 Å². The molecule has 0 spiro atoms. The second-order valence-corrected chi connectivity index (χ2v) is 4.91. The Morgan fingerprint density at radius 3 is 3.00 bits per heavy atom. The first kappa shape index (κ1) is 13.1. The smallest absolute Gasteiger partial charge is 0.263 e. The van der Waals surface area contributed by atoms with E-state index in [9.17, 15) is 4.39 Å². The maximum atomic E-state index is 13.8. The van der Waals surface area contributed by atoms with Gasteiger partial charge in [0, 0.05) is 18.7 Å². The van der Waals surface area contributed by atoms with E-state index in [1.165, 1.54) is 6.07 Å². The molecule has 0 saturated carbocycles. The lowest BCUT2D eigenvalue weighted by Gasteiger charge is -2.20. The topological polar surface area (TPSA) is 74.2 Å². The first-order valence-electron chi connectivity index (χ1n) is 6.72. The van der Waals surface area contributed by atoms with Gasteiger partial charge in [-0.25, -0.2) is 4.39 Å². The molecule has 1 fully saturated rings. The zero-order valence-corrected chi connectivity index (χ0v) is 11.0. The molecule has 3 rings (SSSR count). The van der Waals surface area contributed by atoms with Crippen LogP contribution in [0, 0.1) is 5.82 Å². The molecule has 1 atom stereocenters. The Morgan fingerprint density at radius 1 is 1.35 bits per heavy atom. The van der Waals surface area contributed by atoms with Crippen LogP contribution in [-0.2, 0) is 11.2 Å². The average Bonchev–Trinajstić information content (AvgIpc) is 2.88. The fourth-order valence-corrected chi connectivity index (χ4v) is 2.38. The maximum Gasteiger partial charge on any atom is 0.263 e. The van der Waals surface area contributed by atoms with Crippen molar-refractivity contribution in [3.63, 3.8) is 0 Å². The van der Waals surface area contributed by atoms with E-state index in [0.29, 0.717) is 12.2 Å². The van der Waals surface area contributed by atoms with Gasteiger partial charge in [0.05, 0.1) is 11.7 Å². The summed E-state index contributed by atoms with van der Waals surface area (Å²) in [5, 5.41) is 3.88. The second-order valence-electron chi connectivity index (χ2n) is 4.91. The highest BCUT2D eigenvalue weighted by Gasteiger charge is 2.20. The number of aromatic nitrogens is 2. The molecular formula is C14H16FN3O2. The van der Waals surface area contributed by atoms with Crippen molar-refractivity contribution >= 4 is 5.69 Å². The summed E-state index contributed by atoms with van der Waals surface area (Å²) in [6.45, 7) is 0.773. The molecule has 2 aromatic rings. The third-order valence-electron chi connectivity index (χ3n) is 3.41. The maximum absolute atomic E-state index is 13.8. The molecule has 1 aromatic carbocycles. The van der Waals surface area contributed by atoms with Crippen molar-refractivity contribution in [3.8, 4) is 11.5 Å². The van der Waals surface area contributed by atoms with Gasteiger partial charge in [-0.1, -0.05) is 11.2 Å². The summed E-state index contributed by atoms with van der Waals surface area (Å²) < 4.78 is 24.5. The predicted molar refractivity (Wildman–Crippen MR) is 71.4 cm³/mol. The highest BCUT2D eigenvalue weighted by molar-refractivity contribution is 5.70. The molecule has 5 nitrogen and oxygen atoms in total. The van der Waals surface area contributed by atoms with E-state index in [0.717, 1.165) is 25.9 Å². The number of nitrogen functional groups attached to an aromatic ring is 1. The van der Waals surface area contributed by atoms with Crippen molar-refractivity contribution in [2.45, 2.75) is 31.8 Å². The van der Waals surface area contributed by atoms with Crippen LogP contribution in [0.4, 0.5) is 10.1 Å². The van der Waals surface area contributed by atoms with E-state index in [1.807, 2.05) is 0 Å². The van der Waals surface area contributed by atoms with E-state index in [4.69, 9.17) is 15.0 Å². The van der Waals surface area contributed by atoms with Gasteiger partial charge in [0.1, 0.15) is 5.82 Å². The van der Waals surface area contributed by atoms with Crippen LogP contribution in [0.15, 0.2) is 22.7 Å². The number of anilines is 1. The highest BCUT2D eigenvalue weighted by atomic mass is 19.1. The summed E-state index contributed by atoms with van der Waals surface area (Å²) in [6.07, 6.45) is 3.94. The van der Waals surface area contributed by atoms with Gasteiger partial charge >= 0.3 is 0 Å². The predicted octanol–water partition coefficient (Wildman–Crippen LogP) is 2.57. The Balaban J connectivity index is 1.79. The first-order valence-corrected chi connectivity index (χ1v) is 6.72. The summed E-state index contributed by atoms with van der Waals surface area (Å²) in [7, 11) is 0. The third kappa shape index (κ3) is 2.65. The van der Waals surface area contributed by atoms with Crippen molar-refractivity contribution in [1.29, 1.82) is 0 Å². The van der Waals surface area contributed by atoms with Crippen LogP contribution >= 0.6 is 0 Å². The van der Waals surface area contributed by atoms with Crippen LogP contribution in [0.3, 0.4) is 0 Å². The van der Waals surface area contributed by atoms with Crippen molar-refractivity contribution < 1.29 is 13.7 Å². The summed E-state index contributed by atoms with van der Waals surface area (Å²) >= 11 is 0. The number of halogens is 1.